The van der Waals surface area contributed by atoms with Gasteiger partial charge in [-0.15, -0.1) is 5.10 Å². The largest absolute Gasteiger partial charge is 0.497 e. The highest BCUT2D eigenvalue weighted by Crippen LogP contribution is 2.25. The SMILES string of the molecule is COc1cccc(NC(=O)c2snnc2-c2ccccc2)c1. The molecule has 22 heavy (non-hydrogen) atoms. The lowest BCUT2D eigenvalue weighted by Crippen LogP contribution is -2.11. The number of aromatic nitrogens is 2. The van der Waals surface area contributed by atoms with Crippen LogP contribution in [-0.4, -0.2) is 22.6 Å². The van der Waals surface area contributed by atoms with E-state index in [1.807, 2.05) is 42.5 Å². The Hall–Kier alpha value is -2.73. The van der Waals surface area contributed by atoms with Crippen LogP contribution in [0.4, 0.5) is 5.69 Å². The number of anilines is 1. The van der Waals surface area contributed by atoms with Gasteiger partial charge >= 0.3 is 0 Å². The number of methoxy groups -OCH3 is 1. The number of ether oxygens (including phenoxy) is 1. The monoisotopic (exact) mass is 311 g/mol. The van der Waals surface area contributed by atoms with Gasteiger partial charge in [0.1, 0.15) is 16.3 Å². The Morgan fingerprint density at radius 2 is 1.95 bits per heavy atom. The summed E-state index contributed by atoms with van der Waals surface area (Å²) >= 11 is 1.08. The van der Waals surface area contributed by atoms with E-state index < -0.39 is 0 Å². The zero-order valence-corrected chi connectivity index (χ0v) is 12.6. The maximum atomic E-state index is 12.4. The van der Waals surface area contributed by atoms with Gasteiger partial charge in [-0.25, -0.2) is 0 Å². The lowest BCUT2D eigenvalue weighted by Gasteiger charge is -2.06. The first-order valence-electron chi connectivity index (χ1n) is 6.61. The molecule has 1 heterocycles. The summed E-state index contributed by atoms with van der Waals surface area (Å²) in [6.45, 7) is 0. The quantitative estimate of drug-likeness (QED) is 0.801. The van der Waals surface area contributed by atoms with E-state index in [1.54, 1.807) is 19.2 Å². The number of nitrogens with one attached hydrogen (secondary N) is 1. The van der Waals surface area contributed by atoms with Gasteiger partial charge in [-0.3, -0.25) is 4.79 Å². The number of nitrogens with zero attached hydrogens (tertiary/aromatic N) is 2. The van der Waals surface area contributed by atoms with Crippen molar-refractivity contribution in [3.63, 3.8) is 0 Å². The van der Waals surface area contributed by atoms with Crippen LogP contribution in [0.25, 0.3) is 11.3 Å². The van der Waals surface area contributed by atoms with E-state index in [9.17, 15) is 4.79 Å². The van der Waals surface area contributed by atoms with Gasteiger partial charge in [-0.2, -0.15) is 0 Å². The summed E-state index contributed by atoms with van der Waals surface area (Å²) in [5, 5.41) is 6.91. The van der Waals surface area contributed by atoms with Crippen molar-refractivity contribution < 1.29 is 9.53 Å². The molecule has 0 fully saturated rings. The molecule has 0 aliphatic heterocycles. The number of benzene rings is 2. The minimum atomic E-state index is -0.234. The van der Waals surface area contributed by atoms with E-state index in [2.05, 4.69) is 14.9 Å². The molecule has 0 atom stereocenters. The van der Waals surface area contributed by atoms with E-state index in [0.29, 0.717) is 22.0 Å². The Morgan fingerprint density at radius 3 is 2.73 bits per heavy atom. The lowest BCUT2D eigenvalue weighted by atomic mass is 10.1. The third-order valence-corrected chi connectivity index (χ3v) is 3.79. The van der Waals surface area contributed by atoms with Crippen molar-refractivity contribution >= 4 is 23.1 Å². The van der Waals surface area contributed by atoms with Crippen molar-refractivity contribution in [2.24, 2.45) is 0 Å². The Balaban J connectivity index is 1.86. The minimum absolute atomic E-state index is 0.234. The van der Waals surface area contributed by atoms with E-state index in [1.165, 1.54) is 0 Å². The molecule has 0 bridgehead atoms. The van der Waals surface area contributed by atoms with E-state index >= 15 is 0 Å². The molecule has 0 spiro atoms. The first kappa shape index (κ1) is 14.2. The van der Waals surface area contributed by atoms with Crippen LogP contribution in [0.2, 0.25) is 0 Å². The fourth-order valence-corrected chi connectivity index (χ4v) is 2.60. The van der Waals surface area contributed by atoms with Crippen molar-refractivity contribution in [2.75, 3.05) is 12.4 Å². The molecule has 1 aromatic heterocycles. The van der Waals surface area contributed by atoms with Crippen molar-refractivity contribution in [3.05, 3.63) is 59.5 Å². The zero-order chi connectivity index (χ0) is 15.4. The van der Waals surface area contributed by atoms with E-state index in [4.69, 9.17) is 4.74 Å². The summed E-state index contributed by atoms with van der Waals surface area (Å²) in [7, 11) is 1.58. The Labute approximate surface area is 131 Å². The van der Waals surface area contributed by atoms with E-state index in [0.717, 1.165) is 17.1 Å². The number of carbonyl (C=O) groups excluding carboxylic acids is 1. The predicted molar refractivity (Wildman–Crippen MR) is 86.3 cm³/mol. The summed E-state index contributed by atoms with van der Waals surface area (Å²) in [5.41, 5.74) is 2.12. The standard InChI is InChI=1S/C16H13N3O2S/c1-21-13-9-5-8-12(10-13)17-16(20)15-14(18-19-22-15)11-6-3-2-4-7-11/h2-10H,1H3,(H,17,20). The average Bonchev–Trinajstić information content (AvgIpc) is 3.05. The van der Waals surface area contributed by atoms with Crippen LogP contribution in [0, 0.1) is 0 Å². The molecule has 5 nitrogen and oxygen atoms in total. The number of rotatable bonds is 4. The first-order valence-corrected chi connectivity index (χ1v) is 7.38. The fourth-order valence-electron chi connectivity index (χ4n) is 2.01. The molecular formula is C16H13N3O2S. The van der Waals surface area contributed by atoms with Crippen LogP contribution in [-0.2, 0) is 0 Å². The molecule has 1 N–H and O–H groups in total. The van der Waals surface area contributed by atoms with Gasteiger partial charge in [-0.1, -0.05) is 40.9 Å². The lowest BCUT2D eigenvalue weighted by molar-refractivity contribution is 0.103. The normalized spacial score (nSPS) is 10.2. The van der Waals surface area contributed by atoms with Gasteiger partial charge in [0.2, 0.25) is 0 Å². The molecule has 0 aliphatic carbocycles. The Bertz CT molecular complexity index is 787. The van der Waals surface area contributed by atoms with Gasteiger partial charge in [0.15, 0.2) is 0 Å². The molecule has 2 aromatic carbocycles. The summed E-state index contributed by atoms with van der Waals surface area (Å²) in [5.74, 6) is 0.450. The van der Waals surface area contributed by atoms with Gasteiger partial charge in [0.25, 0.3) is 5.91 Å². The Morgan fingerprint density at radius 1 is 1.14 bits per heavy atom. The average molecular weight is 311 g/mol. The van der Waals surface area contributed by atoms with Crippen molar-refractivity contribution in [3.8, 4) is 17.0 Å². The highest BCUT2D eigenvalue weighted by molar-refractivity contribution is 7.08. The van der Waals surface area contributed by atoms with Crippen molar-refractivity contribution in [2.45, 2.75) is 0 Å². The first-order chi connectivity index (χ1) is 10.8. The summed E-state index contributed by atoms with van der Waals surface area (Å²) in [6, 6.07) is 16.7. The van der Waals surface area contributed by atoms with Crippen molar-refractivity contribution in [1.29, 1.82) is 0 Å². The molecule has 0 unspecified atom stereocenters. The second kappa shape index (κ2) is 6.36. The topological polar surface area (TPSA) is 64.1 Å². The molecule has 1 amide bonds. The van der Waals surface area contributed by atoms with Crippen LogP contribution in [0.1, 0.15) is 9.67 Å². The molecule has 0 aliphatic rings. The van der Waals surface area contributed by atoms with Gasteiger partial charge in [0, 0.05) is 17.3 Å². The van der Waals surface area contributed by atoms with Gasteiger partial charge in [0.05, 0.1) is 7.11 Å². The summed E-state index contributed by atoms with van der Waals surface area (Å²) < 4.78 is 9.05. The predicted octanol–water partition coefficient (Wildman–Crippen LogP) is 3.47. The molecule has 3 aromatic rings. The Kier molecular flexibility index (Phi) is 4.11. The fraction of sp³-hybridized carbons (Fsp3) is 0.0625. The van der Waals surface area contributed by atoms with Gasteiger partial charge in [-0.05, 0) is 23.7 Å². The zero-order valence-electron chi connectivity index (χ0n) is 11.8. The van der Waals surface area contributed by atoms with E-state index in [-0.39, 0.29) is 5.91 Å². The smallest absolute Gasteiger partial charge is 0.269 e. The molecule has 110 valence electrons. The number of carbonyl (C=O) groups is 1. The molecule has 0 saturated carbocycles. The van der Waals surface area contributed by atoms with Crippen LogP contribution < -0.4 is 10.1 Å². The van der Waals surface area contributed by atoms with Crippen LogP contribution in [0.15, 0.2) is 54.6 Å². The third kappa shape index (κ3) is 2.96. The molecule has 6 heteroatoms. The van der Waals surface area contributed by atoms with Crippen LogP contribution >= 0.6 is 11.5 Å². The highest BCUT2D eigenvalue weighted by Gasteiger charge is 2.17. The second-order valence-electron chi connectivity index (χ2n) is 4.50. The summed E-state index contributed by atoms with van der Waals surface area (Å²) in [6.07, 6.45) is 0. The maximum Gasteiger partial charge on any atom is 0.269 e. The highest BCUT2D eigenvalue weighted by atomic mass is 32.1. The minimum Gasteiger partial charge on any atom is -0.497 e. The summed E-state index contributed by atoms with van der Waals surface area (Å²) in [4.78, 5) is 12.9. The number of amides is 1. The van der Waals surface area contributed by atoms with Gasteiger partial charge < -0.3 is 10.1 Å². The molecule has 0 saturated heterocycles. The molecule has 0 radical (unpaired) electrons. The maximum absolute atomic E-state index is 12.4. The molecule has 3 rings (SSSR count). The van der Waals surface area contributed by atoms with Crippen molar-refractivity contribution in [1.82, 2.24) is 9.59 Å². The second-order valence-corrected chi connectivity index (χ2v) is 5.26. The van der Waals surface area contributed by atoms with Crippen LogP contribution in [0.5, 0.6) is 5.75 Å². The third-order valence-electron chi connectivity index (χ3n) is 3.07. The molecular weight excluding hydrogens is 298 g/mol. The number of hydrogen-bond acceptors (Lipinski definition) is 5. The number of hydrogen-bond donors (Lipinski definition) is 1. The van der Waals surface area contributed by atoms with Crippen LogP contribution in [0.3, 0.4) is 0 Å².